The summed E-state index contributed by atoms with van der Waals surface area (Å²) in [5.74, 6) is -0.265. The van der Waals surface area contributed by atoms with Gasteiger partial charge in [-0.1, -0.05) is 36.4 Å². The predicted molar refractivity (Wildman–Crippen MR) is 160 cm³/mol. The van der Waals surface area contributed by atoms with E-state index in [9.17, 15) is 20.0 Å². The molecule has 0 spiro atoms. The van der Waals surface area contributed by atoms with Crippen LogP contribution >= 0.6 is 0 Å². The lowest BCUT2D eigenvalue weighted by molar-refractivity contribution is 0.0623. The molecule has 1 saturated heterocycles. The molecule has 4 N–H and O–H groups in total. The topological polar surface area (TPSA) is 142 Å². The van der Waals surface area contributed by atoms with Crippen LogP contribution in [0.5, 0.6) is 11.5 Å². The standard InChI is InChI=1S/C33H31N5O4/c1-42-30-15-5-3-13-25(30)32(40)37-31-27(20-35)26(18-28(36-31)24-12-2-4-14-29(24)39)21-9-8-10-22(17-21)33(41)38-16-7-6-11-23(38)19-34/h2-5,8-10,12-15,17-18,23,39H,6-7,11,16,19,34H2,1H3,(H,36,37,40). The summed E-state index contributed by atoms with van der Waals surface area (Å²) in [5, 5.41) is 23.7. The first-order valence-electron chi connectivity index (χ1n) is 13.7. The molecular formula is C33H31N5O4. The van der Waals surface area contributed by atoms with Crippen molar-refractivity contribution in [1.82, 2.24) is 9.88 Å². The van der Waals surface area contributed by atoms with Crippen LogP contribution in [0.15, 0.2) is 78.9 Å². The summed E-state index contributed by atoms with van der Waals surface area (Å²) in [6.07, 6.45) is 2.82. The van der Waals surface area contributed by atoms with Gasteiger partial charge in [0.1, 0.15) is 23.1 Å². The van der Waals surface area contributed by atoms with Gasteiger partial charge >= 0.3 is 0 Å². The quantitative estimate of drug-likeness (QED) is 0.281. The molecule has 0 aliphatic carbocycles. The van der Waals surface area contributed by atoms with Crippen LogP contribution in [0, 0.1) is 11.3 Å². The summed E-state index contributed by atoms with van der Waals surface area (Å²) in [6, 6.07) is 24.3. The van der Waals surface area contributed by atoms with Gasteiger partial charge in [0.25, 0.3) is 11.8 Å². The van der Waals surface area contributed by atoms with Crippen molar-refractivity contribution in [2.24, 2.45) is 5.73 Å². The van der Waals surface area contributed by atoms with E-state index < -0.39 is 5.91 Å². The van der Waals surface area contributed by atoms with Crippen LogP contribution < -0.4 is 15.8 Å². The maximum atomic E-state index is 13.6. The first-order valence-corrected chi connectivity index (χ1v) is 13.7. The number of phenols is 1. The fourth-order valence-electron chi connectivity index (χ4n) is 5.31. The zero-order chi connectivity index (χ0) is 29.6. The van der Waals surface area contributed by atoms with Crippen LogP contribution in [0.25, 0.3) is 22.4 Å². The van der Waals surface area contributed by atoms with Crippen LogP contribution in [-0.2, 0) is 0 Å². The van der Waals surface area contributed by atoms with Gasteiger partial charge in [-0.15, -0.1) is 0 Å². The number of para-hydroxylation sites is 2. The Balaban J connectivity index is 1.62. The highest BCUT2D eigenvalue weighted by Crippen LogP contribution is 2.36. The van der Waals surface area contributed by atoms with E-state index in [0.717, 1.165) is 19.3 Å². The van der Waals surface area contributed by atoms with Gasteiger partial charge in [-0.25, -0.2) is 4.98 Å². The molecule has 0 radical (unpaired) electrons. The third-order valence-corrected chi connectivity index (χ3v) is 7.48. The molecule has 2 amide bonds. The molecule has 9 heteroatoms. The molecule has 2 heterocycles. The zero-order valence-corrected chi connectivity index (χ0v) is 23.2. The van der Waals surface area contributed by atoms with Crippen LogP contribution in [-0.4, -0.2) is 53.0 Å². The van der Waals surface area contributed by atoms with Gasteiger partial charge in [0.05, 0.1) is 18.4 Å². The molecule has 212 valence electrons. The molecule has 3 aromatic carbocycles. The number of anilines is 1. The Morgan fingerprint density at radius 3 is 2.62 bits per heavy atom. The third kappa shape index (κ3) is 5.66. The van der Waals surface area contributed by atoms with E-state index in [2.05, 4.69) is 16.4 Å². The molecule has 9 nitrogen and oxygen atoms in total. The first kappa shape index (κ1) is 28.3. The van der Waals surface area contributed by atoms with Crippen LogP contribution in [0.3, 0.4) is 0 Å². The molecule has 1 fully saturated rings. The number of likely N-dealkylation sites (tertiary alicyclic amines) is 1. The number of pyridine rings is 1. The molecule has 0 saturated carbocycles. The number of amides is 2. The third-order valence-electron chi connectivity index (χ3n) is 7.48. The van der Waals surface area contributed by atoms with Gasteiger partial charge in [-0.2, -0.15) is 5.26 Å². The number of aromatic hydroxyl groups is 1. The average Bonchev–Trinajstić information content (AvgIpc) is 3.04. The lowest BCUT2D eigenvalue weighted by atomic mass is 9.95. The van der Waals surface area contributed by atoms with Crippen molar-refractivity contribution in [2.45, 2.75) is 25.3 Å². The summed E-state index contributed by atoms with van der Waals surface area (Å²) in [7, 11) is 1.47. The number of rotatable bonds is 7. The lowest BCUT2D eigenvalue weighted by Gasteiger charge is -2.35. The largest absolute Gasteiger partial charge is 0.507 e. The molecule has 1 aliphatic heterocycles. The normalized spacial score (nSPS) is 14.6. The minimum Gasteiger partial charge on any atom is -0.507 e. The number of methoxy groups -OCH3 is 1. The highest BCUT2D eigenvalue weighted by molar-refractivity contribution is 6.07. The number of aromatic nitrogens is 1. The van der Waals surface area contributed by atoms with E-state index in [1.807, 2.05) is 4.90 Å². The predicted octanol–water partition coefficient (Wildman–Crippen LogP) is 5.21. The fourth-order valence-corrected chi connectivity index (χ4v) is 5.31. The summed E-state index contributed by atoms with van der Waals surface area (Å²) in [5.41, 5.74) is 8.61. The number of nitrogens with two attached hydrogens (primary N) is 1. The molecule has 42 heavy (non-hydrogen) atoms. The van der Waals surface area contributed by atoms with Crippen LogP contribution in [0.1, 0.15) is 45.5 Å². The van der Waals surface area contributed by atoms with Crippen molar-refractivity contribution in [2.75, 3.05) is 25.5 Å². The zero-order valence-electron chi connectivity index (χ0n) is 23.2. The highest BCUT2D eigenvalue weighted by atomic mass is 16.5. The maximum Gasteiger partial charge on any atom is 0.260 e. The van der Waals surface area contributed by atoms with Crippen molar-refractivity contribution in [1.29, 1.82) is 5.26 Å². The van der Waals surface area contributed by atoms with Crippen molar-refractivity contribution < 1.29 is 19.4 Å². The van der Waals surface area contributed by atoms with E-state index in [0.29, 0.717) is 46.8 Å². The lowest BCUT2D eigenvalue weighted by Crippen LogP contribution is -2.47. The van der Waals surface area contributed by atoms with E-state index >= 15 is 0 Å². The van der Waals surface area contributed by atoms with Gasteiger partial charge in [0, 0.05) is 35.8 Å². The number of carbonyl (C=O) groups excluding carboxylic acids is 2. The van der Waals surface area contributed by atoms with Crippen molar-refractivity contribution in [3.63, 3.8) is 0 Å². The monoisotopic (exact) mass is 561 g/mol. The minimum atomic E-state index is -0.515. The van der Waals surface area contributed by atoms with Gasteiger partial charge < -0.3 is 25.8 Å². The molecular weight excluding hydrogens is 530 g/mol. The molecule has 1 aromatic heterocycles. The molecule has 1 unspecified atom stereocenters. The number of hydrogen-bond donors (Lipinski definition) is 3. The highest BCUT2D eigenvalue weighted by Gasteiger charge is 2.27. The summed E-state index contributed by atoms with van der Waals surface area (Å²) < 4.78 is 5.34. The van der Waals surface area contributed by atoms with E-state index in [1.54, 1.807) is 72.8 Å². The number of benzene rings is 3. The number of carbonyl (C=O) groups is 2. The average molecular weight is 562 g/mol. The molecule has 1 aliphatic rings. The number of nitrogens with zero attached hydrogens (tertiary/aromatic N) is 3. The summed E-state index contributed by atoms with van der Waals surface area (Å²) in [4.78, 5) is 33.3. The van der Waals surface area contributed by atoms with Crippen LogP contribution in [0.2, 0.25) is 0 Å². The number of nitrogens with one attached hydrogen (secondary N) is 1. The van der Waals surface area contributed by atoms with E-state index in [4.69, 9.17) is 10.5 Å². The Morgan fingerprint density at radius 2 is 1.86 bits per heavy atom. The Bertz CT molecular complexity index is 1680. The van der Waals surface area contributed by atoms with Gasteiger partial charge in [0.2, 0.25) is 0 Å². The van der Waals surface area contributed by atoms with Gasteiger partial charge in [-0.3, -0.25) is 9.59 Å². The second-order valence-corrected chi connectivity index (χ2v) is 10.0. The van der Waals surface area contributed by atoms with Crippen LogP contribution in [0.4, 0.5) is 5.82 Å². The Labute approximate surface area is 244 Å². The summed E-state index contributed by atoms with van der Waals surface area (Å²) in [6.45, 7) is 1.04. The van der Waals surface area contributed by atoms with E-state index in [-0.39, 0.29) is 34.6 Å². The first-order chi connectivity index (χ1) is 20.4. The second kappa shape index (κ2) is 12.5. The van der Waals surface area contributed by atoms with Crippen molar-refractivity contribution in [3.05, 3.63) is 95.6 Å². The molecule has 5 rings (SSSR count). The molecule has 4 aromatic rings. The van der Waals surface area contributed by atoms with Crippen molar-refractivity contribution >= 4 is 17.6 Å². The second-order valence-electron chi connectivity index (χ2n) is 10.0. The smallest absolute Gasteiger partial charge is 0.260 e. The Hall–Kier alpha value is -5.20. The fraction of sp³-hybridized carbons (Fsp3) is 0.212. The van der Waals surface area contributed by atoms with Gasteiger partial charge in [-0.05, 0) is 67.3 Å². The number of piperidine rings is 1. The molecule has 0 bridgehead atoms. The number of phenolic OH excluding ortho intramolecular Hbond substituents is 1. The Kier molecular flexibility index (Phi) is 8.46. The number of nitriles is 1. The summed E-state index contributed by atoms with van der Waals surface area (Å²) >= 11 is 0. The van der Waals surface area contributed by atoms with E-state index in [1.165, 1.54) is 13.2 Å². The Morgan fingerprint density at radius 1 is 1.07 bits per heavy atom. The number of ether oxygens (including phenoxy) is 1. The molecule has 1 atom stereocenters. The minimum absolute atomic E-state index is 0.00971. The SMILES string of the molecule is COc1ccccc1C(=O)Nc1nc(-c2ccccc2O)cc(-c2cccc(C(=O)N3CCCCC3CN)c2)c1C#N. The van der Waals surface area contributed by atoms with Gasteiger partial charge in [0.15, 0.2) is 5.82 Å². The number of hydrogen-bond acceptors (Lipinski definition) is 7. The van der Waals surface area contributed by atoms with Crippen molar-refractivity contribution in [3.8, 4) is 40.0 Å². The maximum absolute atomic E-state index is 13.6.